The number of carboxylic acid groups (broad SMARTS) is 1. The highest BCUT2D eigenvalue weighted by Gasteiger charge is 2.10. The lowest BCUT2D eigenvalue weighted by atomic mass is 10.2. The molecule has 0 atom stereocenters. The molecule has 0 saturated carbocycles. The van der Waals surface area contributed by atoms with Crippen LogP contribution in [0.3, 0.4) is 0 Å². The summed E-state index contributed by atoms with van der Waals surface area (Å²) in [5, 5.41) is 17.5. The highest BCUT2D eigenvalue weighted by atomic mass is 16.4. The minimum atomic E-state index is -1.00. The Balaban J connectivity index is 2.09. The van der Waals surface area contributed by atoms with Crippen LogP contribution in [-0.2, 0) is 6.54 Å². The molecule has 0 aliphatic heterocycles. The third kappa shape index (κ3) is 2.93. The van der Waals surface area contributed by atoms with Crippen molar-refractivity contribution in [2.75, 3.05) is 11.9 Å². The van der Waals surface area contributed by atoms with E-state index in [0.717, 1.165) is 5.69 Å². The normalized spacial score (nSPS) is 9.89. The number of nitriles is 1. The molecule has 0 bridgehead atoms. The van der Waals surface area contributed by atoms with Crippen molar-refractivity contribution < 1.29 is 14.3 Å². The fourth-order valence-corrected chi connectivity index (χ4v) is 1.69. The summed E-state index contributed by atoms with van der Waals surface area (Å²) in [5.41, 5.74) is 1.67. The predicted octanol–water partition coefficient (Wildman–Crippen LogP) is 2.49. The molecule has 2 aromatic rings. The van der Waals surface area contributed by atoms with Gasteiger partial charge in [-0.05, 0) is 30.3 Å². The van der Waals surface area contributed by atoms with Crippen LogP contribution >= 0.6 is 0 Å². The molecule has 96 valence electrons. The second-order valence-electron chi connectivity index (χ2n) is 4.12. The molecule has 0 aliphatic carbocycles. The molecule has 5 nitrogen and oxygen atoms in total. The number of benzene rings is 1. The molecular formula is C14H12N2O3. The Kier molecular flexibility index (Phi) is 3.53. The topological polar surface area (TPSA) is 77.5 Å². The fraction of sp³-hybridized carbons (Fsp3) is 0.143. The number of hydrogen-bond acceptors (Lipinski definition) is 4. The summed E-state index contributed by atoms with van der Waals surface area (Å²) in [4.78, 5) is 12.6. The van der Waals surface area contributed by atoms with E-state index in [0.29, 0.717) is 17.9 Å². The third-order valence-corrected chi connectivity index (χ3v) is 2.73. The molecule has 1 aromatic carbocycles. The highest BCUT2D eigenvalue weighted by Crippen LogP contribution is 2.17. The van der Waals surface area contributed by atoms with Gasteiger partial charge in [0.15, 0.2) is 0 Å². The minimum Gasteiger partial charge on any atom is -0.478 e. The number of hydrogen-bond donors (Lipinski definition) is 1. The van der Waals surface area contributed by atoms with Crippen LogP contribution in [0.4, 0.5) is 5.69 Å². The second kappa shape index (κ2) is 5.27. The third-order valence-electron chi connectivity index (χ3n) is 2.73. The molecule has 19 heavy (non-hydrogen) atoms. The van der Waals surface area contributed by atoms with Crippen molar-refractivity contribution >= 4 is 11.7 Å². The maximum atomic E-state index is 10.7. The minimum absolute atomic E-state index is 0.142. The molecule has 0 fully saturated rings. The lowest BCUT2D eigenvalue weighted by Crippen LogP contribution is -2.15. The molecule has 2 rings (SSSR count). The van der Waals surface area contributed by atoms with Crippen LogP contribution in [0.2, 0.25) is 0 Å². The van der Waals surface area contributed by atoms with Gasteiger partial charge in [0, 0.05) is 12.7 Å². The van der Waals surface area contributed by atoms with Crippen molar-refractivity contribution in [3.63, 3.8) is 0 Å². The van der Waals surface area contributed by atoms with Crippen molar-refractivity contribution in [2.45, 2.75) is 6.54 Å². The summed E-state index contributed by atoms with van der Waals surface area (Å²) >= 11 is 0. The Morgan fingerprint density at radius 2 is 2.11 bits per heavy atom. The molecule has 1 aromatic heterocycles. The van der Waals surface area contributed by atoms with Crippen LogP contribution in [0.25, 0.3) is 0 Å². The smallest absolute Gasteiger partial charge is 0.338 e. The predicted molar refractivity (Wildman–Crippen MR) is 68.9 cm³/mol. The van der Waals surface area contributed by atoms with Gasteiger partial charge in [-0.2, -0.15) is 5.26 Å². The first-order valence-corrected chi connectivity index (χ1v) is 5.62. The average molecular weight is 256 g/mol. The van der Waals surface area contributed by atoms with Gasteiger partial charge in [-0.25, -0.2) is 4.79 Å². The Morgan fingerprint density at radius 1 is 1.42 bits per heavy atom. The van der Waals surface area contributed by atoms with E-state index in [2.05, 4.69) is 6.07 Å². The summed E-state index contributed by atoms with van der Waals surface area (Å²) in [5.74, 6) is -0.430. The maximum Gasteiger partial charge on any atom is 0.338 e. The zero-order valence-corrected chi connectivity index (χ0v) is 10.3. The van der Waals surface area contributed by atoms with Crippen LogP contribution in [0.1, 0.15) is 21.7 Å². The molecule has 5 heteroatoms. The average Bonchev–Trinajstić information content (AvgIpc) is 2.87. The lowest BCUT2D eigenvalue weighted by molar-refractivity contribution is 0.0696. The Hall–Kier alpha value is -2.74. The largest absolute Gasteiger partial charge is 0.478 e. The Bertz CT molecular complexity index is 623. The van der Waals surface area contributed by atoms with Crippen LogP contribution in [0.15, 0.2) is 41.0 Å². The van der Waals surface area contributed by atoms with E-state index in [1.54, 1.807) is 12.1 Å². The summed E-state index contributed by atoms with van der Waals surface area (Å²) in [7, 11) is 1.87. The van der Waals surface area contributed by atoms with Gasteiger partial charge in [-0.3, -0.25) is 0 Å². The monoisotopic (exact) mass is 256 g/mol. The summed E-state index contributed by atoms with van der Waals surface area (Å²) < 4.78 is 5.19. The van der Waals surface area contributed by atoms with Gasteiger partial charge in [0.1, 0.15) is 12.0 Å². The molecule has 1 heterocycles. The van der Waals surface area contributed by atoms with Gasteiger partial charge in [0.25, 0.3) is 0 Å². The van der Waals surface area contributed by atoms with Crippen molar-refractivity contribution in [1.29, 1.82) is 5.26 Å². The molecule has 0 saturated heterocycles. The van der Waals surface area contributed by atoms with Crippen molar-refractivity contribution in [1.82, 2.24) is 0 Å². The summed E-state index contributed by atoms with van der Waals surface area (Å²) in [6.07, 6.45) is 1.23. The lowest BCUT2D eigenvalue weighted by Gasteiger charge is -2.17. The SMILES string of the molecule is CN(Cc1cc(C(=O)O)co1)c1ccc(C#N)cc1. The first-order chi connectivity index (χ1) is 9.10. The molecule has 0 aliphatic rings. The van der Waals surface area contributed by atoms with Gasteiger partial charge in [0.05, 0.1) is 23.7 Å². The van der Waals surface area contributed by atoms with Gasteiger partial charge in [0.2, 0.25) is 0 Å². The van der Waals surface area contributed by atoms with Crippen LogP contribution < -0.4 is 4.90 Å². The maximum absolute atomic E-state index is 10.7. The van der Waals surface area contributed by atoms with E-state index in [4.69, 9.17) is 14.8 Å². The first-order valence-electron chi connectivity index (χ1n) is 5.62. The number of carbonyl (C=O) groups is 1. The van der Waals surface area contributed by atoms with Gasteiger partial charge >= 0.3 is 5.97 Å². The number of furan rings is 1. The highest BCUT2D eigenvalue weighted by molar-refractivity contribution is 5.87. The van der Waals surface area contributed by atoms with Crippen molar-refractivity contribution in [3.8, 4) is 6.07 Å². The quantitative estimate of drug-likeness (QED) is 0.909. The van der Waals surface area contributed by atoms with Gasteiger partial charge < -0.3 is 14.4 Å². The van der Waals surface area contributed by atoms with E-state index in [1.807, 2.05) is 24.1 Å². The van der Waals surface area contributed by atoms with Crippen molar-refractivity contribution in [2.24, 2.45) is 0 Å². The Labute approximate surface area is 110 Å². The van der Waals surface area contributed by atoms with Crippen LogP contribution in [-0.4, -0.2) is 18.1 Å². The number of carboxylic acids is 1. The molecule has 0 radical (unpaired) electrons. The van der Waals surface area contributed by atoms with Gasteiger partial charge in [-0.1, -0.05) is 0 Å². The van der Waals surface area contributed by atoms with E-state index in [1.165, 1.54) is 12.3 Å². The number of rotatable bonds is 4. The summed E-state index contributed by atoms with van der Waals surface area (Å²) in [6, 6.07) is 10.7. The zero-order chi connectivity index (χ0) is 13.8. The van der Waals surface area contributed by atoms with E-state index < -0.39 is 5.97 Å². The number of anilines is 1. The van der Waals surface area contributed by atoms with Crippen LogP contribution in [0.5, 0.6) is 0 Å². The molecule has 1 N–H and O–H groups in total. The Morgan fingerprint density at radius 3 is 2.63 bits per heavy atom. The van der Waals surface area contributed by atoms with E-state index >= 15 is 0 Å². The van der Waals surface area contributed by atoms with E-state index in [9.17, 15) is 4.79 Å². The summed E-state index contributed by atoms with van der Waals surface area (Å²) in [6.45, 7) is 0.458. The molecule has 0 amide bonds. The second-order valence-corrected chi connectivity index (χ2v) is 4.12. The molecule has 0 unspecified atom stereocenters. The van der Waals surface area contributed by atoms with E-state index in [-0.39, 0.29) is 5.56 Å². The van der Waals surface area contributed by atoms with Crippen molar-refractivity contribution in [3.05, 3.63) is 53.5 Å². The number of nitrogens with zero attached hydrogens (tertiary/aromatic N) is 2. The number of aromatic carboxylic acids is 1. The standard InChI is InChI=1S/C14H12N2O3/c1-16(12-4-2-10(7-15)3-5-12)8-13-6-11(9-19-13)14(17)18/h2-6,9H,8H2,1H3,(H,17,18). The molecule has 0 spiro atoms. The van der Waals surface area contributed by atoms with Crippen LogP contribution in [0, 0.1) is 11.3 Å². The molecular weight excluding hydrogens is 244 g/mol. The fourth-order valence-electron chi connectivity index (χ4n) is 1.69. The van der Waals surface area contributed by atoms with Gasteiger partial charge in [-0.15, -0.1) is 0 Å². The first kappa shape index (κ1) is 12.7. The zero-order valence-electron chi connectivity index (χ0n) is 10.3.